The summed E-state index contributed by atoms with van der Waals surface area (Å²) in [6.07, 6.45) is 5.94. The van der Waals surface area contributed by atoms with E-state index in [4.69, 9.17) is 0 Å². The van der Waals surface area contributed by atoms with Crippen LogP contribution in [0.3, 0.4) is 0 Å². The Morgan fingerprint density at radius 2 is 1.93 bits per heavy atom. The van der Waals surface area contributed by atoms with E-state index < -0.39 is 0 Å². The first-order valence-corrected chi connectivity index (χ1v) is 6.55. The fourth-order valence-electron chi connectivity index (χ4n) is 2.86. The second-order valence-corrected chi connectivity index (χ2v) is 5.76. The predicted molar refractivity (Wildman–Crippen MR) is 64.7 cm³/mol. The van der Waals surface area contributed by atoms with Gasteiger partial charge in [-0.25, -0.2) is 0 Å². The molecule has 0 radical (unpaired) electrons. The molecule has 15 heavy (non-hydrogen) atoms. The van der Waals surface area contributed by atoms with Gasteiger partial charge in [0.15, 0.2) is 0 Å². The van der Waals surface area contributed by atoms with Crippen LogP contribution in [0.4, 0.5) is 0 Å². The number of hydrogen-bond acceptors (Lipinski definition) is 1. The van der Waals surface area contributed by atoms with Crippen LogP contribution in [-0.2, 0) is 4.79 Å². The predicted octanol–water partition coefficient (Wildman–Crippen LogP) is 4.06. The molecule has 0 unspecified atom stereocenters. The standard InChI is InChI=1S/C14H26O/c1-10(2)6-5-7-11(3)13-8-9-14(15)12(13)4/h10-13H,5-9H2,1-4H3/t11-,12-,13-/m0/s1. The average molecular weight is 210 g/mol. The zero-order chi connectivity index (χ0) is 11.4. The maximum absolute atomic E-state index is 11.5. The Kier molecular flexibility index (Phi) is 4.82. The lowest BCUT2D eigenvalue weighted by molar-refractivity contribution is -0.121. The summed E-state index contributed by atoms with van der Waals surface area (Å²) in [5.74, 6) is 3.06. The van der Waals surface area contributed by atoms with Crippen molar-refractivity contribution >= 4 is 5.78 Å². The van der Waals surface area contributed by atoms with E-state index in [0.717, 1.165) is 24.7 Å². The third-order valence-electron chi connectivity index (χ3n) is 4.05. The van der Waals surface area contributed by atoms with Gasteiger partial charge < -0.3 is 0 Å². The van der Waals surface area contributed by atoms with Crippen molar-refractivity contribution in [3.8, 4) is 0 Å². The van der Waals surface area contributed by atoms with Crippen LogP contribution in [-0.4, -0.2) is 5.78 Å². The molecule has 0 spiro atoms. The topological polar surface area (TPSA) is 17.1 Å². The Hall–Kier alpha value is -0.330. The molecule has 1 fully saturated rings. The van der Waals surface area contributed by atoms with Crippen molar-refractivity contribution in [1.29, 1.82) is 0 Å². The van der Waals surface area contributed by atoms with E-state index in [1.807, 2.05) is 0 Å². The minimum atomic E-state index is 0.332. The van der Waals surface area contributed by atoms with Gasteiger partial charge >= 0.3 is 0 Å². The van der Waals surface area contributed by atoms with Gasteiger partial charge in [-0.05, 0) is 24.2 Å². The van der Waals surface area contributed by atoms with Gasteiger partial charge in [0.25, 0.3) is 0 Å². The van der Waals surface area contributed by atoms with E-state index in [9.17, 15) is 4.79 Å². The van der Waals surface area contributed by atoms with Crippen LogP contribution in [0.2, 0.25) is 0 Å². The normalized spacial score (nSPS) is 28.7. The zero-order valence-corrected chi connectivity index (χ0v) is 10.8. The number of hydrogen-bond donors (Lipinski definition) is 0. The number of carbonyl (C=O) groups is 1. The van der Waals surface area contributed by atoms with Crippen LogP contribution in [0.25, 0.3) is 0 Å². The molecular weight excluding hydrogens is 184 g/mol. The Morgan fingerprint density at radius 3 is 2.40 bits per heavy atom. The van der Waals surface area contributed by atoms with E-state index in [0.29, 0.717) is 17.6 Å². The van der Waals surface area contributed by atoms with Crippen LogP contribution >= 0.6 is 0 Å². The largest absolute Gasteiger partial charge is 0.299 e. The highest BCUT2D eigenvalue weighted by Gasteiger charge is 2.33. The molecule has 1 aliphatic carbocycles. The molecule has 1 heteroatoms. The van der Waals surface area contributed by atoms with E-state index in [1.54, 1.807) is 0 Å². The molecule has 3 atom stereocenters. The quantitative estimate of drug-likeness (QED) is 0.668. The van der Waals surface area contributed by atoms with Gasteiger partial charge in [0, 0.05) is 12.3 Å². The third kappa shape index (κ3) is 3.62. The monoisotopic (exact) mass is 210 g/mol. The Morgan fingerprint density at radius 1 is 1.27 bits per heavy atom. The lowest BCUT2D eigenvalue weighted by Gasteiger charge is -2.22. The first-order chi connectivity index (χ1) is 7.02. The number of rotatable bonds is 5. The maximum atomic E-state index is 11.5. The van der Waals surface area contributed by atoms with E-state index in [2.05, 4.69) is 27.7 Å². The molecule has 0 N–H and O–H groups in total. The van der Waals surface area contributed by atoms with Gasteiger partial charge in [-0.1, -0.05) is 47.0 Å². The number of ketones is 1. The first kappa shape index (κ1) is 12.7. The molecule has 1 rings (SSSR count). The summed E-state index contributed by atoms with van der Waals surface area (Å²) in [4.78, 5) is 11.5. The summed E-state index contributed by atoms with van der Waals surface area (Å²) < 4.78 is 0. The average Bonchev–Trinajstić information content (AvgIpc) is 2.47. The highest BCUT2D eigenvalue weighted by molar-refractivity contribution is 5.83. The molecule has 1 saturated carbocycles. The second-order valence-electron chi connectivity index (χ2n) is 5.76. The van der Waals surface area contributed by atoms with Gasteiger partial charge in [-0.2, -0.15) is 0 Å². The first-order valence-electron chi connectivity index (χ1n) is 6.55. The zero-order valence-electron chi connectivity index (χ0n) is 10.8. The van der Waals surface area contributed by atoms with Crippen molar-refractivity contribution in [2.24, 2.45) is 23.7 Å². The Labute approximate surface area is 94.6 Å². The molecular formula is C14H26O. The van der Waals surface area contributed by atoms with Crippen molar-refractivity contribution in [3.63, 3.8) is 0 Å². The van der Waals surface area contributed by atoms with Crippen LogP contribution < -0.4 is 0 Å². The Balaban J connectivity index is 2.28. The fraction of sp³-hybridized carbons (Fsp3) is 0.929. The molecule has 0 amide bonds. The van der Waals surface area contributed by atoms with Gasteiger partial charge in [-0.3, -0.25) is 4.79 Å². The summed E-state index contributed by atoms with van der Waals surface area (Å²) in [7, 11) is 0. The molecule has 0 heterocycles. The fourth-order valence-corrected chi connectivity index (χ4v) is 2.86. The molecule has 0 bridgehead atoms. The lowest BCUT2D eigenvalue weighted by Crippen LogP contribution is -2.18. The van der Waals surface area contributed by atoms with E-state index >= 15 is 0 Å². The van der Waals surface area contributed by atoms with Crippen molar-refractivity contribution in [2.75, 3.05) is 0 Å². The van der Waals surface area contributed by atoms with Crippen molar-refractivity contribution in [3.05, 3.63) is 0 Å². The lowest BCUT2D eigenvalue weighted by atomic mass is 9.82. The minimum Gasteiger partial charge on any atom is -0.299 e. The van der Waals surface area contributed by atoms with Crippen LogP contribution in [0.15, 0.2) is 0 Å². The summed E-state index contributed by atoms with van der Waals surface area (Å²) in [5, 5.41) is 0. The SMILES string of the molecule is CC(C)CCC[C@H](C)[C@@H]1CCC(=O)[C@H]1C. The summed E-state index contributed by atoms with van der Waals surface area (Å²) >= 11 is 0. The highest BCUT2D eigenvalue weighted by atomic mass is 16.1. The molecule has 0 saturated heterocycles. The van der Waals surface area contributed by atoms with E-state index in [-0.39, 0.29) is 0 Å². The molecule has 0 aromatic carbocycles. The van der Waals surface area contributed by atoms with Crippen molar-refractivity contribution in [1.82, 2.24) is 0 Å². The van der Waals surface area contributed by atoms with Gasteiger partial charge in [0.1, 0.15) is 5.78 Å². The molecule has 0 aliphatic heterocycles. The van der Waals surface area contributed by atoms with Gasteiger partial charge in [-0.15, -0.1) is 0 Å². The van der Waals surface area contributed by atoms with Crippen LogP contribution in [0.5, 0.6) is 0 Å². The minimum absolute atomic E-state index is 0.332. The van der Waals surface area contributed by atoms with Gasteiger partial charge in [0.2, 0.25) is 0 Å². The van der Waals surface area contributed by atoms with Crippen LogP contribution in [0, 0.1) is 23.7 Å². The molecule has 0 aromatic heterocycles. The maximum Gasteiger partial charge on any atom is 0.135 e. The molecule has 0 aromatic rings. The number of Topliss-reactive ketones (excluding diaryl/α,β-unsaturated/α-hetero) is 1. The van der Waals surface area contributed by atoms with Crippen molar-refractivity contribution in [2.45, 2.75) is 59.8 Å². The summed E-state index contributed by atoms with van der Waals surface area (Å²) in [5.41, 5.74) is 0. The highest BCUT2D eigenvalue weighted by Crippen LogP contribution is 2.36. The van der Waals surface area contributed by atoms with E-state index in [1.165, 1.54) is 19.3 Å². The third-order valence-corrected chi connectivity index (χ3v) is 4.05. The van der Waals surface area contributed by atoms with Crippen LogP contribution in [0.1, 0.15) is 59.8 Å². The smallest absolute Gasteiger partial charge is 0.135 e. The summed E-state index contributed by atoms with van der Waals surface area (Å²) in [6, 6.07) is 0. The molecule has 1 aliphatic rings. The van der Waals surface area contributed by atoms with Gasteiger partial charge in [0.05, 0.1) is 0 Å². The second kappa shape index (κ2) is 5.67. The van der Waals surface area contributed by atoms with Crippen molar-refractivity contribution < 1.29 is 4.79 Å². The molecule has 88 valence electrons. The Bertz CT molecular complexity index is 207. The summed E-state index contributed by atoms with van der Waals surface area (Å²) in [6.45, 7) is 9.03. The number of carbonyl (C=O) groups excluding carboxylic acids is 1. The molecule has 1 nitrogen and oxygen atoms in total.